The molecule has 0 fully saturated rings. The molecule has 0 spiro atoms. The maximum absolute atomic E-state index is 12.6. The van der Waals surface area contributed by atoms with E-state index in [2.05, 4.69) is 19.7 Å². The first-order valence-corrected chi connectivity index (χ1v) is 9.77. The normalized spacial score (nSPS) is 12.8. The van der Waals surface area contributed by atoms with Crippen molar-refractivity contribution in [1.82, 2.24) is 0 Å². The third kappa shape index (κ3) is 3.62. The number of hydrogen-bond donors (Lipinski definition) is 1. The molecule has 146 valence electrons. The molecule has 0 aliphatic carbocycles. The summed E-state index contributed by atoms with van der Waals surface area (Å²) in [6.07, 6.45) is 0. The van der Waals surface area contributed by atoms with Crippen LogP contribution in [0.1, 0.15) is 54.2 Å². The predicted octanol–water partition coefficient (Wildman–Crippen LogP) is 7.07. The van der Waals surface area contributed by atoms with E-state index in [0.29, 0.717) is 0 Å². The topological polar surface area (TPSA) is 20.2 Å². The highest BCUT2D eigenvalue weighted by Gasteiger charge is 2.39. The van der Waals surface area contributed by atoms with Crippen molar-refractivity contribution in [2.24, 2.45) is 0 Å². The first-order chi connectivity index (χ1) is 13.8. The quantitative estimate of drug-likeness (QED) is 0.453. The lowest BCUT2D eigenvalue weighted by atomic mass is 9.72. The Bertz CT molecular complexity index is 1060. The second-order valence-corrected chi connectivity index (χ2v) is 7.69. The van der Waals surface area contributed by atoms with Gasteiger partial charge in [0.05, 0.1) is 0 Å². The monoisotopic (exact) mass is 380 g/mol. The van der Waals surface area contributed by atoms with Crippen LogP contribution in [0.25, 0.3) is 16.7 Å². The van der Waals surface area contributed by atoms with Gasteiger partial charge in [0.15, 0.2) is 0 Å². The molecule has 0 aromatic heterocycles. The minimum Gasteiger partial charge on any atom is -0.376 e. The van der Waals surface area contributed by atoms with Crippen LogP contribution >= 0.6 is 0 Å². The number of rotatable bonds is 6. The van der Waals surface area contributed by atoms with E-state index in [4.69, 9.17) is 0 Å². The van der Waals surface area contributed by atoms with Crippen LogP contribution in [0, 0.1) is 0 Å². The van der Waals surface area contributed by atoms with E-state index in [1.165, 1.54) is 0 Å². The molecular formula is C28H28O. The fourth-order valence-corrected chi connectivity index (χ4v) is 3.94. The minimum atomic E-state index is -1.39. The second kappa shape index (κ2) is 8.06. The van der Waals surface area contributed by atoms with Gasteiger partial charge in [-0.2, -0.15) is 0 Å². The summed E-state index contributed by atoms with van der Waals surface area (Å²) >= 11 is 0. The lowest BCUT2D eigenvalue weighted by Gasteiger charge is -2.35. The van der Waals surface area contributed by atoms with E-state index < -0.39 is 5.60 Å². The number of benzene rings is 3. The largest absolute Gasteiger partial charge is 0.376 e. The van der Waals surface area contributed by atoms with Gasteiger partial charge in [-0.1, -0.05) is 109 Å². The average Bonchev–Trinajstić information content (AvgIpc) is 2.73. The fourth-order valence-electron chi connectivity index (χ4n) is 3.94. The van der Waals surface area contributed by atoms with Crippen molar-refractivity contribution in [3.63, 3.8) is 0 Å². The van der Waals surface area contributed by atoms with E-state index in [-0.39, 0.29) is 0 Å². The smallest absolute Gasteiger partial charge is 0.142 e. The van der Waals surface area contributed by atoms with Crippen molar-refractivity contribution >= 4 is 16.7 Å². The van der Waals surface area contributed by atoms with Crippen molar-refractivity contribution < 1.29 is 5.11 Å². The van der Waals surface area contributed by atoms with Gasteiger partial charge in [-0.05, 0) is 43.0 Å². The predicted molar refractivity (Wildman–Crippen MR) is 126 cm³/mol. The zero-order valence-electron chi connectivity index (χ0n) is 17.5. The third-order valence-electron chi connectivity index (χ3n) is 5.31. The number of allylic oxidation sites excluding steroid dienone is 3. The highest BCUT2D eigenvalue weighted by atomic mass is 16.3. The molecule has 0 aliphatic rings. The molecule has 1 heteroatoms. The second-order valence-electron chi connectivity index (χ2n) is 7.69. The summed E-state index contributed by atoms with van der Waals surface area (Å²) in [6.45, 7) is 18.4. The number of aliphatic hydroxyl groups is 1. The average molecular weight is 381 g/mol. The Morgan fingerprint density at radius 2 is 1.07 bits per heavy atom. The Morgan fingerprint density at radius 3 is 1.59 bits per heavy atom. The van der Waals surface area contributed by atoms with Crippen molar-refractivity contribution in [2.45, 2.75) is 26.4 Å². The van der Waals surface area contributed by atoms with E-state index in [1.807, 2.05) is 93.6 Å². The maximum Gasteiger partial charge on any atom is 0.142 e. The van der Waals surface area contributed by atoms with Gasteiger partial charge in [0, 0.05) is 11.1 Å². The van der Waals surface area contributed by atoms with Gasteiger partial charge in [-0.3, -0.25) is 0 Å². The van der Waals surface area contributed by atoms with Gasteiger partial charge in [-0.25, -0.2) is 0 Å². The molecule has 1 atom stereocenters. The molecule has 29 heavy (non-hydrogen) atoms. The van der Waals surface area contributed by atoms with Crippen molar-refractivity contribution in [3.05, 3.63) is 126 Å². The lowest BCUT2D eigenvalue weighted by molar-refractivity contribution is 0.125. The van der Waals surface area contributed by atoms with Crippen LogP contribution in [-0.4, -0.2) is 5.11 Å². The first kappa shape index (κ1) is 20.6. The molecule has 0 amide bonds. The van der Waals surface area contributed by atoms with Crippen molar-refractivity contribution in [3.8, 4) is 0 Å². The summed E-state index contributed by atoms with van der Waals surface area (Å²) in [5, 5.41) is 12.6. The number of hydrogen-bond acceptors (Lipinski definition) is 1. The van der Waals surface area contributed by atoms with Gasteiger partial charge in [0.1, 0.15) is 5.60 Å². The van der Waals surface area contributed by atoms with E-state index in [1.54, 1.807) is 0 Å². The maximum atomic E-state index is 12.6. The summed E-state index contributed by atoms with van der Waals surface area (Å²) in [4.78, 5) is 0. The van der Waals surface area contributed by atoms with Crippen LogP contribution in [0.15, 0.2) is 92.5 Å². The summed E-state index contributed by atoms with van der Waals surface area (Å²) in [6, 6.07) is 23.7. The lowest BCUT2D eigenvalue weighted by Crippen LogP contribution is -2.32. The molecule has 0 bridgehead atoms. The van der Waals surface area contributed by atoms with Crippen LogP contribution in [0.2, 0.25) is 0 Å². The molecule has 0 radical (unpaired) electrons. The summed E-state index contributed by atoms with van der Waals surface area (Å²) < 4.78 is 0. The van der Waals surface area contributed by atoms with Crippen molar-refractivity contribution in [2.75, 3.05) is 0 Å². The summed E-state index contributed by atoms with van der Waals surface area (Å²) in [7, 11) is 0. The third-order valence-corrected chi connectivity index (χ3v) is 5.31. The van der Waals surface area contributed by atoms with E-state index >= 15 is 0 Å². The summed E-state index contributed by atoms with van der Waals surface area (Å²) in [5.74, 6) is 0. The minimum absolute atomic E-state index is 0.796. The van der Waals surface area contributed by atoms with Crippen molar-refractivity contribution in [1.29, 1.82) is 0 Å². The Morgan fingerprint density at radius 1 is 0.621 bits per heavy atom. The van der Waals surface area contributed by atoms with Gasteiger partial charge in [0.2, 0.25) is 0 Å². The van der Waals surface area contributed by atoms with E-state index in [9.17, 15) is 5.11 Å². The van der Waals surface area contributed by atoms with Gasteiger partial charge < -0.3 is 5.11 Å². The Labute approximate surface area is 174 Å². The van der Waals surface area contributed by atoms with Crippen LogP contribution < -0.4 is 0 Å². The van der Waals surface area contributed by atoms with Crippen LogP contribution in [0.3, 0.4) is 0 Å². The highest BCUT2D eigenvalue weighted by Crippen LogP contribution is 2.45. The molecule has 3 aromatic rings. The molecule has 1 unspecified atom stereocenters. The zero-order chi connectivity index (χ0) is 21.2. The molecule has 1 nitrogen and oxygen atoms in total. The molecule has 1 N–H and O–H groups in total. The Balaban J connectivity index is 2.54. The van der Waals surface area contributed by atoms with Crippen LogP contribution in [0.5, 0.6) is 0 Å². The molecule has 3 rings (SSSR count). The SMILES string of the molecule is C=C(C)c1ccccc1C(O)(c1ccccc1)c1c(C(=C)C)cccc1C(=C)C. The van der Waals surface area contributed by atoms with Crippen LogP contribution in [0.4, 0.5) is 0 Å². The van der Waals surface area contributed by atoms with Gasteiger partial charge >= 0.3 is 0 Å². The standard InChI is InChI=1S/C28H28O/c1-19(2)23-15-10-11-18-26(23)28(29,22-13-8-7-9-14-22)27-24(20(3)4)16-12-17-25(27)21(5)6/h7-18,29H,1,3,5H2,2,4,6H3. The Kier molecular flexibility index (Phi) is 5.72. The zero-order valence-corrected chi connectivity index (χ0v) is 17.5. The fraction of sp³-hybridized carbons (Fsp3) is 0.143. The Hall–Kier alpha value is -3.16. The highest BCUT2D eigenvalue weighted by molar-refractivity contribution is 5.78. The molecule has 0 aliphatic heterocycles. The van der Waals surface area contributed by atoms with Gasteiger partial charge in [0.25, 0.3) is 0 Å². The van der Waals surface area contributed by atoms with Crippen LogP contribution in [-0.2, 0) is 5.60 Å². The van der Waals surface area contributed by atoms with E-state index in [0.717, 1.165) is 50.1 Å². The molecular weight excluding hydrogens is 352 g/mol. The first-order valence-electron chi connectivity index (χ1n) is 9.77. The molecule has 3 aromatic carbocycles. The van der Waals surface area contributed by atoms with Gasteiger partial charge in [-0.15, -0.1) is 0 Å². The molecule has 0 saturated carbocycles. The molecule has 0 heterocycles. The summed E-state index contributed by atoms with van der Waals surface area (Å²) in [5.41, 5.74) is 6.49. The molecule has 0 saturated heterocycles.